The second-order valence-electron chi connectivity index (χ2n) is 5.10. The van der Waals surface area contributed by atoms with Gasteiger partial charge in [0.1, 0.15) is 0 Å². The smallest absolute Gasteiger partial charge is 0.307 e. The predicted molar refractivity (Wildman–Crippen MR) is 84.8 cm³/mol. The Morgan fingerprint density at radius 3 is 2.81 bits per heavy atom. The van der Waals surface area contributed by atoms with Crippen molar-refractivity contribution in [2.75, 3.05) is 0 Å². The second-order valence-corrected chi connectivity index (χ2v) is 5.54. The molecule has 0 spiro atoms. The number of H-pyrrole nitrogens is 1. The van der Waals surface area contributed by atoms with Crippen LogP contribution in [0, 0.1) is 6.92 Å². The van der Waals surface area contributed by atoms with Crippen LogP contribution in [-0.4, -0.2) is 16.1 Å². The minimum atomic E-state index is -0.833. The zero-order valence-corrected chi connectivity index (χ0v) is 12.2. The summed E-state index contributed by atoms with van der Waals surface area (Å²) in [5, 5.41) is 10.6. The standard InChI is InChI=1S/C17H14ClNO2/c1-10-2-4-13(18)8-14(10)11-3-5-16-15(6-11)12(9-19-16)7-17(20)21/h2-6,8-9,19H,7H2,1H3,(H,20,21). The van der Waals surface area contributed by atoms with Crippen molar-refractivity contribution in [3.8, 4) is 11.1 Å². The number of aryl methyl sites for hydroxylation is 1. The minimum Gasteiger partial charge on any atom is -0.481 e. The summed E-state index contributed by atoms with van der Waals surface area (Å²) in [5.41, 5.74) is 4.96. The molecule has 2 aromatic carbocycles. The van der Waals surface area contributed by atoms with Gasteiger partial charge in [0.05, 0.1) is 6.42 Å². The van der Waals surface area contributed by atoms with E-state index in [9.17, 15) is 4.79 Å². The van der Waals surface area contributed by atoms with E-state index in [2.05, 4.69) is 4.98 Å². The van der Waals surface area contributed by atoms with E-state index < -0.39 is 5.97 Å². The summed E-state index contributed by atoms with van der Waals surface area (Å²) >= 11 is 6.08. The Kier molecular flexibility index (Phi) is 3.43. The van der Waals surface area contributed by atoms with Crippen molar-refractivity contribution >= 4 is 28.5 Å². The Balaban J connectivity index is 2.15. The molecule has 0 atom stereocenters. The van der Waals surface area contributed by atoms with E-state index in [-0.39, 0.29) is 6.42 Å². The summed E-state index contributed by atoms with van der Waals surface area (Å²) in [6, 6.07) is 11.8. The number of carbonyl (C=O) groups is 1. The van der Waals surface area contributed by atoms with Gasteiger partial charge in [0.15, 0.2) is 0 Å². The summed E-state index contributed by atoms with van der Waals surface area (Å²) in [7, 11) is 0. The summed E-state index contributed by atoms with van der Waals surface area (Å²) in [6.07, 6.45) is 1.77. The Morgan fingerprint density at radius 2 is 2.05 bits per heavy atom. The van der Waals surface area contributed by atoms with Crippen LogP contribution in [0.1, 0.15) is 11.1 Å². The van der Waals surface area contributed by atoms with Crippen LogP contribution < -0.4 is 0 Å². The van der Waals surface area contributed by atoms with Crippen LogP contribution in [0.25, 0.3) is 22.0 Å². The summed E-state index contributed by atoms with van der Waals surface area (Å²) in [5.74, 6) is -0.833. The number of hydrogen-bond acceptors (Lipinski definition) is 1. The Morgan fingerprint density at radius 1 is 1.24 bits per heavy atom. The molecular formula is C17H14ClNO2. The first-order valence-corrected chi connectivity index (χ1v) is 7.01. The van der Waals surface area contributed by atoms with Gasteiger partial charge in [-0.3, -0.25) is 4.79 Å². The van der Waals surface area contributed by atoms with Crippen molar-refractivity contribution in [2.45, 2.75) is 13.3 Å². The first kappa shape index (κ1) is 13.7. The Labute approximate surface area is 127 Å². The largest absolute Gasteiger partial charge is 0.481 e. The molecule has 0 saturated heterocycles. The first-order chi connectivity index (χ1) is 10.0. The number of fused-ring (bicyclic) bond motifs is 1. The van der Waals surface area contributed by atoms with E-state index in [1.165, 1.54) is 0 Å². The molecule has 1 aromatic heterocycles. The quantitative estimate of drug-likeness (QED) is 0.752. The van der Waals surface area contributed by atoms with Gasteiger partial charge in [0, 0.05) is 22.1 Å². The highest BCUT2D eigenvalue weighted by Crippen LogP contribution is 2.30. The maximum absolute atomic E-state index is 10.9. The lowest BCUT2D eigenvalue weighted by Gasteiger charge is -2.07. The molecule has 0 unspecified atom stereocenters. The highest BCUT2D eigenvalue weighted by molar-refractivity contribution is 6.30. The van der Waals surface area contributed by atoms with Crippen molar-refractivity contribution in [3.63, 3.8) is 0 Å². The molecular weight excluding hydrogens is 286 g/mol. The monoisotopic (exact) mass is 299 g/mol. The third-order valence-corrected chi connectivity index (χ3v) is 3.85. The van der Waals surface area contributed by atoms with Crippen LogP contribution in [0.4, 0.5) is 0 Å². The third kappa shape index (κ3) is 2.65. The van der Waals surface area contributed by atoms with Gasteiger partial charge < -0.3 is 10.1 Å². The molecule has 106 valence electrons. The molecule has 3 nitrogen and oxygen atoms in total. The van der Waals surface area contributed by atoms with Gasteiger partial charge in [-0.2, -0.15) is 0 Å². The molecule has 3 aromatic rings. The maximum Gasteiger partial charge on any atom is 0.307 e. The van der Waals surface area contributed by atoms with Gasteiger partial charge in [0.25, 0.3) is 0 Å². The number of carboxylic acids is 1. The normalized spacial score (nSPS) is 11.0. The molecule has 1 heterocycles. The van der Waals surface area contributed by atoms with Crippen LogP contribution >= 0.6 is 11.6 Å². The van der Waals surface area contributed by atoms with E-state index in [4.69, 9.17) is 16.7 Å². The second kappa shape index (κ2) is 5.26. The number of benzene rings is 2. The molecule has 3 rings (SSSR count). The fourth-order valence-electron chi connectivity index (χ4n) is 2.56. The number of aromatic nitrogens is 1. The van der Waals surface area contributed by atoms with E-state index in [0.717, 1.165) is 33.2 Å². The molecule has 4 heteroatoms. The average Bonchev–Trinajstić information content (AvgIpc) is 2.83. The predicted octanol–water partition coefficient (Wildman–Crippen LogP) is 4.42. The van der Waals surface area contributed by atoms with Gasteiger partial charge in [0.2, 0.25) is 0 Å². The summed E-state index contributed by atoms with van der Waals surface area (Å²) in [6.45, 7) is 2.03. The van der Waals surface area contributed by atoms with Crippen molar-refractivity contribution in [1.29, 1.82) is 0 Å². The third-order valence-electron chi connectivity index (χ3n) is 3.62. The van der Waals surface area contributed by atoms with Crippen molar-refractivity contribution in [1.82, 2.24) is 4.98 Å². The van der Waals surface area contributed by atoms with E-state index in [1.807, 2.05) is 43.3 Å². The number of halogens is 1. The van der Waals surface area contributed by atoms with E-state index >= 15 is 0 Å². The number of nitrogens with one attached hydrogen (secondary N) is 1. The average molecular weight is 300 g/mol. The van der Waals surface area contributed by atoms with E-state index in [1.54, 1.807) is 6.20 Å². The Bertz CT molecular complexity index is 836. The minimum absolute atomic E-state index is 0.0119. The molecule has 0 fully saturated rings. The number of hydrogen-bond donors (Lipinski definition) is 2. The van der Waals surface area contributed by atoms with Gasteiger partial charge in [-0.1, -0.05) is 23.7 Å². The van der Waals surface area contributed by atoms with Crippen LogP contribution in [0.5, 0.6) is 0 Å². The van der Waals surface area contributed by atoms with Gasteiger partial charge in [-0.15, -0.1) is 0 Å². The van der Waals surface area contributed by atoms with Crippen molar-refractivity contribution < 1.29 is 9.90 Å². The van der Waals surface area contributed by atoms with Crippen LogP contribution in [0.3, 0.4) is 0 Å². The molecule has 0 aliphatic rings. The lowest BCUT2D eigenvalue weighted by molar-refractivity contribution is -0.136. The Hall–Kier alpha value is -2.26. The van der Waals surface area contributed by atoms with Crippen LogP contribution in [0.2, 0.25) is 5.02 Å². The van der Waals surface area contributed by atoms with Crippen molar-refractivity contribution in [2.24, 2.45) is 0 Å². The molecule has 0 radical (unpaired) electrons. The SMILES string of the molecule is Cc1ccc(Cl)cc1-c1ccc2[nH]cc(CC(=O)O)c2c1. The molecule has 0 saturated carbocycles. The number of aromatic amines is 1. The zero-order chi connectivity index (χ0) is 15.0. The number of rotatable bonds is 3. The summed E-state index contributed by atoms with van der Waals surface area (Å²) < 4.78 is 0. The highest BCUT2D eigenvalue weighted by Gasteiger charge is 2.10. The molecule has 2 N–H and O–H groups in total. The zero-order valence-electron chi connectivity index (χ0n) is 11.5. The van der Waals surface area contributed by atoms with Crippen LogP contribution in [-0.2, 0) is 11.2 Å². The van der Waals surface area contributed by atoms with Crippen LogP contribution in [0.15, 0.2) is 42.6 Å². The lowest BCUT2D eigenvalue weighted by atomic mass is 9.98. The molecule has 0 aliphatic heterocycles. The molecule has 0 amide bonds. The number of carboxylic acid groups (broad SMARTS) is 1. The first-order valence-electron chi connectivity index (χ1n) is 6.63. The summed E-state index contributed by atoms with van der Waals surface area (Å²) in [4.78, 5) is 14.0. The van der Waals surface area contributed by atoms with Crippen molar-refractivity contribution in [3.05, 3.63) is 58.7 Å². The molecule has 21 heavy (non-hydrogen) atoms. The van der Waals surface area contributed by atoms with E-state index in [0.29, 0.717) is 5.02 Å². The fourth-order valence-corrected chi connectivity index (χ4v) is 2.73. The lowest BCUT2D eigenvalue weighted by Crippen LogP contribution is -1.98. The highest BCUT2D eigenvalue weighted by atomic mass is 35.5. The fraction of sp³-hybridized carbons (Fsp3) is 0.118. The molecule has 0 bridgehead atoms. The van der Waals surface area contributed by atoms with Gasteiger partial charge in [-0.25, -0.2) is 0 Å². The topological polar surface area (TPSA) is 53.1 Å². The van der Waals surface area contributed by atoms with Gasteiger partial charge in [-0.05, 0) is 53.4 Å². The molecule has 0 aliphatic carbocycles. The maximum atomic E-state index is 10.9. The van der Waals surface area contributed by atoms with Gasteiger partial charge >= 0.3 is 5.97 Å². The number of aliphatic carboxylic acids is 1.